The Hall–Kier alpha value is -2.70. The molecule has 0 aromatic carbocycles. The molecule has 2 aliphatic heterocycles. The molecule has 0 aliphatic carbocycles. The monoisotopic (exact) mass is 404 g/mol. The van der Waals surface area contributed by atoms with E-state index in [0.29, 0.717) is 36.7 Å². The summed E-state index contributed by atoms with van der Waals surface area (Å²) in [7, 11) is 0. The number of nitrogens with zero attached hydrogens (tertiary/aromatic N) is 8. The van der Waals surface area contributed by atoms with E-state index in [1.807, 2.05) is 0 Å². The normalized spacial score (nSPS) is 26.6. The van der Waals surface area contributed by atoms with Crippen molar-refractivity contribution < 1.29 is 14.9 Å². The predicted octanol–water partition coefficient (Wildman–Crippen LogP) is -0.154. The largest absolute Gasteiger partial charge is 0.387 e. The third-order valence-corrected chi connectivity index (χ3v) is 5.11. The minimum atomic E-state index is -1.14. The van der Waals surface area contributed by atoms with Gasteiger partial charge in [-0.1, -0.05) is 5.11 Å². The van der Waals surface area contributed by atoms with Gasteiger partial charge in [0.1, 0.15) is 24.6 Å². The van der Waals surface area contributed by atoms with E-state index >= 15 is 0 Å². The summed E-state index contributed by atoms with van der Waals surface area (Å²) in [6.07, 6.45) is -0.737. The molecule has 2 aliphatic rings. The second kappa shape index (κ2) is 8.35. The fraction of sp³-hybridized carbons (Fsp3) is 0.688. The molecule has 0 saturated carbocycles. The summed E-state index contributed by atoms with van der Waals surface area (Å²) in [5.74, 6) is 0.633. The third-order valence-electron chi connectivity index (χ3n) is 5.11. The van der Waals surface area contributed by atoms with Crippen LogP contribution in [0.3, 0.4) is 0 Å². The van der Waals surface area contributed by atoms with Gasteiger partial charge in [0.25, 0.3) is 0 Å². The summed E-state index contributed by atoms with van der Waals surface area (Å²) in [6.45, 7) is 3.46. The number of fused-ring (bicyclic) bond motifs is 1. The maximum Gasteiger partial charge on any atom is 0.207 e. The Labute approximate surface area is 166 Å². The van der Waals surface area contributed by atoms with Crippen LogP contribution in [0, 0.1) is 0 Å². The molecule has 2 aromatic rings. The van der Waals surface area contributed by atoms with Gasteiger partial charge in [-0.2, -0.15) is 0 Å². The SMILES string of the molecule is [N-]=[N+]=NCCCCNc1nc2c(N)ncnc2n1C1OC(CN2CC2)C(O)C1O. The quantitative estimate of drug-likeness (QED) is 0.145. The standard InChI is InChI=1S/C16H24N10O3/c17-13-10-14(21-8-20-13)26(16(23-10)19-3-1-2-4-22-24-18)15-12(28)11(27)9(29-15)7-25-5-6-25/h8-9,11-12,15,27-28H,1-7H2,(H,19,23)(H2,17,20,21). The lowest BCUT2D eigenvalue weighted by Gasteiger charge is -2.19. The smallest absolute Gasteiger partial charge is 0.207 e. The zero-order valence-electron chi connectivity index (χ0n) is 15.8. The average molecular weight is 404 g/mol. The van der Waals surface area contributed by atoms with Crippen molar-refractivity contribution in [3.63, 3.8) is 0 Å². The number of hydrogen-bond acceptors (Lipinski definition) is 10. The van der Waals surface area contributed by atoms with Gasteiger partial charge in [0.05, 0.1) is 0 Å². The third kappa shape index (κ3) is 4.04. The molecule has 5 N–H and O–H groups in total. The highest BCUT2D eigenvalue weighted by molar-refractivity contribution is 5.84. The molecular formula is C16H24N10O3. The minimum absolute atomic E-state index is 0.217. The van der Waals surface area contributed by atoms with Gasteiger partial charge in [-0.25, -0.2) is 15.0 Å². The van der Waals surface area contributed by atoms with Crippen LogP contribution in [-0.2, 0) is 4.74 Å². The molecule has 0 spiro atoms. The van der Waals surface area contributed by atoms with E-state index < -0.39 is 24.5 Å². The van der Waals surface area contributed by atoms with Crippen molar-refractivity contribution in [3.8, 4) is 0 Å². The van der Waals surface area contributed by atoms with Crippen LogP contribution >= 0.6 is 0 Å². The summed E-state index contributed by atoms with van der Waals surface area (Å²) in [6, 6.07) is 0. The molecule has 13 heteroatoms. The van der Waals surface area contributed by atoms with Crippen molar-refractivity contribution in [2.75, 3.05) is 43.8 Å². The van der Waals surface area contributed by atoms with Crippen LogP contribution in [0.5, 0.6) is 0 Å². The number of aromatic nitrogens is 4. The van der Waals surface area contributed by atoms with Gasteiger partial charge in [0.15, 0.2) is 23.2 Å². The topological polar surface area (TPSA) is 183 Å². The van der Waals surface area contributed by atoms with Crippen molar-refractivity contribution in [3.05, 3.63) is 16.8 Å². The van der Waals surface area contributed by atoms with Gasteiger partial charge >= 0.3 is 0 Å². The van der Waals surface area contributed by atoms with Crippen molar-refractivity contribution in [1.29, 1.82) is 0 Å². The van der Waals surface area contributed by atoms with E-state index in [1.54, 1.807) is 4.57 Å². The number of azide groups is 1. The van der Waals surface area contributed by atoms with Crippen LogP contribution in [0.4, 0.5) is 11.8 Å². The number of rotatable bonds is 9. The first kappa shape index (κ1) is 19.6. The Kier molecular flexibility index (Phi) is 5.65. The first-order chi connectivity index (χ1) is 14.1. The highest BCUT2D eigenvalue weighted by Crippen LogP contribution is 2.35. The highest BCUT2D eigenvalue weighted by atomic mass is 16.6. The number of nitrogen functional groups attached to an aromatic ring is 1. The number of nitrogens with two attached hydrogens (primary N) is 1. The van der Waals surface area contributed by atoms with Gasteiger partial charge < -0.3 is 26.0 Å². The first-order valence-electron chi connectivity index (χ1n) is 9.57. The number of unbranched alkanes of at least 4 members (excludes halogenated alkanes) is 1. The van der Waals surface area contributed by atoms with Crippen LogP contribution in [0.25, 0.3) is 21.6 Å². The second-order valence-corrected chi connectivity index (χ2v) is 7.17. The summed E-state index contributed by atoms with van der Waals surface area (Å²) >= 11 is 0. The lowest BCUT2D eigenvalue weighted by atomic mass is 10.1. The van der Waals surface area contributed by atoms with Gasteiger partial charge in [-0.3, -0.25) is 9.47 Å². The zero-order valence-corrected chi connectivity index (χ0v) is 15.8. The Balaban J connectivity index is 1.57. The van der Waals surface area contributed by atoms with Crippen molar-refractivity contribution in [2.45, 2.75) is 37.4 Å². The summed E-state index contributed by atoms with van der Waals surface area (Å²) < 4.78 is 7.64. The number of aliphatic hydroxyl groups is 2. The molecule has 4 atom stereocenters. The average Bonchev–Trinajstić information content (AvgIpc) is 3.40. The second-order valence-electron chi connectivity index (χ2n) is 7.17. The van der Waals surface area contributed by atoms with Crippen LogP contribution in [0.1, 0.15) is 19.1 Å². The number of aliphatic hydroxyl groups excluding tert-OH is 2. The van der Waals surface area contributed by atoms with E-state index in [9.17, 15) is 10.2 Å². The lowest BCUT2D eigenvalue weighted by Crippen LogP contribution is -2.35. The molecule has 2 saturated heterocycles. The molecular weight excluding hydrogens is 380 g/mol. The number of hydrogen-bond donors (Lipinski definition) is 4. The van der Waals surface area contributed by atoms with Gasteiger partial charge in [0, 0.05) is 37.6 Å². The summed E-state index contributed by atoms with van der Waals surface area (Å²) in [5, 5.41) is 27.8. The lowest BCUT2D eigenvalue weighted by molar-refractivity contribution is -0.0364. The molecule has 2 fully saturated rings. The summed E-state index contributed by atoms with van der Waals surface area (Å²) in [4.78, 5) is 17.6. The van der Waals surface area contributed by atoms with E-state index in [2.05, 4.69) is 35.2 Å². The van der Waals surface area contributed by atoms with Crippen LogP contribution in [0.2, 0.25) is 0 Å². The molecule has 4 heterocycles. The molecule has 4 unspecified atom stereocenters. The van der Waals surface area contributed by atoms with E-state index in [1.165, 1.54) is 6.33 Å². The number of ether oxygens (including phenoxy) is 1. The molecule has 0 amide bonds. The van der Waals surface area contributed by atoms with Crippen LogP contribution < -0.4 is 11.1 Å². The van der Waals surface area contributed by atoms with Crippen molar-refractivity contribution in [2.24, 2.45) is 5.11 Å². The summed E-state index contributed by atoms with van der Waals surface area (Å²) in [5.41, 5.74) is 15.1. The molecule has 29 heavy (non-hydrogen) atoms. The van der Waals surface area contributed by atoms with Gasteiger partial charge in [0.2, 0.25) is 5.95 Å². The van der Waals surface area contributed by atoms with Gasteiger partial charge in [-0.05, 0) is 18.4 Å². The van der Waals surface area contributed by atoms with E-state index in [-0.39, 0.29) is 5.82 Å². The molecule has 13 nitrogen and oxygen atoms in total. The molecule has 156 valence electrons. The maximum absolute atomic E-state index is 10.7. The van der Waals surface area contributed by atoms with Crippen LogP contribution in [-0.4, -0.2) is 85.7 Å². The molecule has 0 radical (unpaired) electrons. The first-order valence-corrected chi connectivity index (χ1v) is 9.57. The fourth-order valence-electron chi connectivity index (χ4n) is 3.45. The number of nitrogens with one attached hydrogen (secondary N) is 1. The van der Waals surface area contributed by atoms with Gasteiger partial charge in [-0.15, -0.1) is 0 Å². The van der Waals surface area contributed by atoms with Crippen LogP contribution in [0.15, 0.2) is 11.4 Å². The van der Waals surface area contributed by atoms with Crippen molar-refractivity contribution in [1.82, 2.24) is 24.4 Å². The molecule has 2 aromatic heterocycles. The molecule has 0 bridgehead atoms. The predicted molar refractivity (Wildman–Crippen MR) is 104 cm³/mol. The maximum atomic E-state index is 10.7. The van der Waals surface area contributed by atoms with Crippen molar-refractivity contribution >= 4 is 22.9 Å². The van der Waals surface area contributed by atoms with E-state index in [4.69, 9.17) is 16.0 Å². The fourth-order valence-corrected chi connectivity index (χ4v) is 3.45. The Morgan fingerprint density at radius 3 is 2.90 bits per heavy atom. The Morgan fingerprint density at radius 1 is 1.31 bits per heavy atom. The number of anilines is 2. The Bertz CT molecular complexity index is 910. The number of imidazole rings is 1. The van der Waals surface area contributed by atoms with E-state index in [0.717, 1.165) is 25.9 Å². The zero-order chi connectivity index (χ0) is 20.4. The Morgan fingerprint density at radius 2 is 2.14 bits per heavy atom. The minimum Gasteiger partial charge on any atom is -0.387 e. The highest BCUT2D eigenvalue weighted by Gasteiger charge is 2.46. The molecule has 4 rings (SSSR count).